The van der Waals surface area contributed by atoms with Crippen LogP contribution in [0.3, 0.4) is 0 Å². The van der Waals surface area contributed by atoms with Crippen LogP contribution < -0.4 is 0 Å². The standard InChI is InChI=1S/C41H24F4/c42-30-19-16-25(17-20-30)39-34-14-5-6-15-35(34)40(37-24-28-8-1-2-11-31(28)32-12-3-4-13-33(32)37)36-21-18-27(23-38(36)39)26-9-7-10-29(22-26)41(43,44)45/h1-24H. The quantitative estimate of drug-likeness (QED) is 0.109. The highest BCUT2D eigenvalue weighted by atomic mass is 19.4. The van der Waals surface area contributed by atoms with Crippen molar-refractivity contribution in [2.45, 2.75) is 6.18 Å². The average molecular weight is 593 g/mol. The monoisotopic (exact) mass is 592 g/mol. The second kappa shape index (κ2) is 10.3. The third-order valence-electron chi connectivity index (χ3n) is 8.72. The largest absolute Gasteiger partial charge is 0.416 e. The lowest BCUT2D eigenvalue weighted by Crippen LogP contribution is -2.04. The average Bonchev–Trinajstić information content (AvgIpc) is 3.07. The molecule has 0 aromatic heterocycles. The van der Waals surface area contributed by atoms with Crippen molar-refractivity contribution in [1.82, 2.24) is 0 Å². The second-order valence-corrected chi connectivity index (χ2v) is 11.3. The molecule has 8 aromatic rings. The minimum Gasteiger partial charge on any atom is -0.207 e. The van der Waals surface area contributed by atoms with E-state index in [1.807, 2.05) is 54.6 Å². The molecule has 0 bridgehead atoms. The Hall–Kier alpha value is -5.48. The molecule has 0 unspecified atom stereocenters. The molecule has 4 heteroatoms. The number of fused-ring (bicyclic) bond motifs is 5. The molecular formula is C41H24F4. The van der Waals surface area contributed by atoms with Crippen molar-refractivity contribution in [3.63, 3.8) is 0 Å². The van der Waals surface area contributed by atoms with Crippen LogP contribution in [0.2, 0.25) is 0 Å². The fourth-order valence-electron chi connectivity index (χ4n) is 6.71. The predicted molar refractivity (Wildman–Crippen MR) is 178 cm³/mol. The summed E-state index contributed by atoms with van der Waals surface area (Å²) in [5.74, 6) is -0.337. The van der Waals surface area contributed by atoms with Crippen LogP contribution in [0.25, 0.3) is 76.5 Å². The fourth-order valence-corrected chi connectivity index (χ4v) is 6.71. The molecule has 0 saturated heterocycles. The van der Waals surface area contributed by atoms with E-state index in [4.69, 9.17) is 0 Å². The summed E-state index contributed by atoms with van der Waals surface area (Å²) in [5, 5.41) is 8.39. The van der Waals surface area contributed by atoms with Crippen molar-refractivity contribution < 1.29 is 17.6 Å². The van der Waals surface area contributed by atoms with Crippen molar-refractivity contribution in [3.8, 4) is 33.4 Å². The smallest absolute Gasteiger partial charge is 0.207 e. The summed E-state index contributed by atoms with van der Waals surface area (Å²) < 4.78 is 55.2. The minimum absolute atomic E-state index is 0.337. The van der Waals surface area contributed by atoms with Gasteiger partial charge in [-0.1, -0.05) is 109 Å². The van der Waals surface area contributed by atoms with Gasteiger partial charge < -0.3 is 0 Å². The van der Waals surface area contributed by atoms with Crippen LogP contribution in [0.5, 0.6) is 0 Å². The van der Waals surface area contributed by atoms with Gasteiger partial charge >= 0.3 is 6.18 Å². The maximum atomic E-state index is 14.1. The van der Waals surface area contributed by atoms with Crippen molar-refractivity contribution in [2.75, 3.05) is 0 Å². The predicted octanol–water partition coefficient (Wildman–Crippen LogP) is 12.5. The molecule has 0 atom stereocenters. The van der Waals surface area contributed by atoms with E-state index in [0.717, 1.165) is 66.0 Å². The second-order valence-electron chi connectivity index (χ2n) is 11.3. The van der Waals surface area contributed by atoms with Gasteiger partial charge in [0.1, 0.15) is 5.82 Å². The van der Waals surface area contributed by atoms with Crippen LogP contribution in [0.1, 0.15) is 5.56 Å². The van der Waals surface area contributed by atoms with E-state index in [9.17, 15) is 17.6 Å². The van der Waals surface area contributed by atoms with E-state index in [2.05, 4.69) is 42.5 Å². The van der Waals surface area contributed by atoms with Gasteiger partial charge in [0.15, 0.2) is 0 Å². The molecule has 0 aliphatic carbocycles. The van der Waals surface area contributed by atoms with Crippen molar-refractivity contribution in [1.29, 1.82) is 0 Å². The van der Waals surface area contributed by atoms with Crippen LogP contribution in [0.4, 0.5) is 17.6 Å². The lowest BCUT2D eigenvalue weighted by atomic mass is 9.83. The molecule has 0 heterocycles. The fraction of sp³-hybridized carbons (Fsp3) is 0.0244. The molecule has 0 N–H and O–H groups in total. The van der Waals surface area contributed by atoms with Gasteiger partial charge in [-0.15, -0.1) is 0 Å². The van der Waals surface area contributed by atoms with Crippen molar-refractivity contribution in [2.24, 2.45) is 0 Å². The van der Waals surface area contributed by atoms with Crippen LogP contribution in [0, 0.1) is 5.82 Å². The first-order chi connectivity index (χ1) is 21.9. The summed E-state index contributed by atoms with van der Waals surface area (Å²) in [6.45, 7) is 0. The van der Waals surface area contributed by atoms with Crippen molar-refractivity contribution in [3.05, 3.63) is 157 Å². The van der Waals surface area contributed by atoms with E-state index in [1.54, 1.807) is 18.2 Å². The van der Waals surface area contributed by atoms with E-state index in [0.29, 0.717) is 11.1 Å². The number of benzene rings is 8. The summed E-state index contributed by atoms with van der Waals surface area (Å²) in [6.07, 6.45) is -4.45. The van der Waals surface area contributed by atoms with Gasteiger partial charge in [0.05, 0.1) is 5.56 Å². The summed E-state index contributed by atoms with van der Waals surface area (Å²) in [6, 6.07) is 44.9. The van der Waals surface area contributed by atoms with Gasteiger partial charge in [0, 0.05) is 0 Å². The van der Waals surface area contributed by atoms with Crippen LogP contribution in [0.15, 0.2) is 146 Å². The van der Waals surface area contributed by atoms with Gasteiger partial charge in [0.2, 0.25) is 0 Å². The number of alkyl halides is 3. The van der Waals surface area contributed by atoms with Crippen molar-refractivity contribution >= 4 is 43.1 Å². The molecule has 0 aliphatic rings. The Bertz CT molecular complexity index is 2420. The number of hydrogen-bond donors (Lipinski definition) is 0. The summed E-state index contributed by atoms with van der Waals surface area (Å²) in [5.41, 5.74) is 4.30. The SMILES string of the molecule is Fc1ccc(-c2c3ccccc3c(-c3cc4ccccc4c4ccccc34)c3ccc(-c4cccc(C(F)(F)F)c4)cc23)cc1. The Morgan fingerprint density at radius 2 is 0.956 bits per heavy atom. The maximum absolute atomic E-state index is 14.1. The van der Waals surface area contributed by atoms with E-state index in [-0.39, 0.29) is 5.82 Å². The lowest BCUT2D eigenvalue weighted by Gasteiger charge is -2.20. The number of rotatable bonds is 3. The highest BCUT2D eigenvalue weighted by Gasteiger charge is 2.30. The molecule has 0 fully saturated rings. The third-order valence-corrected chi connectivity index (χ3v) is 8.72. The maximum Gasteiger partial charge on any atom is 0.416 e. The molecule has 45 heavy (non-hydrogen) atoms. The Kier molecular flexibility index (Phi) is 6.21. The minimum atomic E-state index is -4.45. The molecule has 0 spiro atoms. The molecule has 0 radical (unpaired) electrons. The highest BCUT2D eigenvalue weighted by Crippen LogP contribution is 2.47. The Morgan fingerprint density at radius 1 is 0.378 bits per heavy atom. The third kappa shape index (κ3) is 4.53. The summed E-state index contributed by atoms with van der Waals surface area (Å²) >= 11 is 0. The first-order valence-electron chi connectivity index (χ1n) is 14.7. The summed E-state index contributed by atoms with van der Waals surface area (Å²) in [4.78, 5) is 0. The number of halogens is 4. The van der Waals surface area contributed by atoms with Gasteiger partial charge in [-0.05, 0) is 113 Å². The molecule has 0 aliphatic heterocycles. The van der Waals surface area contributed by atoms with E-state index in [1.165, 1.54) is 29.7 Å². The zero-order valence-corrected chi connectivity index (χ0v) is 23.9. The van der Waals surface area contributed by atoms with Gasteiger partial charge in [-0.3, -0.25) is 0 Å². The summed E-state index contributed by atoms with van der Waals surface area (Å²) in [7, 11) is 0. The molecule has 216 valence electrons. The van der Waals surface area contributed by atoms with E-state index < -0.39 is 11.7 Å². The molecule has 0 amide bonds. The molecule has 0 nitrogen and oxygen atoms in total. The molecule has 8 rings (SSSR count). The van der Waals surface area contributed by atoms with Gasteiger partial charge in [0.25, 0.3) is 0 Å². The van der Waals surface area contributed by atoms with Gasteiger partial charge in [-0.25, -0.2) is 4.39 Å². The zero-order chi connectivity index (χ0) is 30.7. The Balaban J connectivity index is 1.53. The van der Waals surface area contributed by atoms with Crippen LogP contribution in [-0.4, -0.2) is 0 Å². The van der Waals surface area contributed by atoms with Crippen LogP contribution >= 0.6 is 0 Å². The number of hydrogen-bond acceptors (Lipinski definition) is 0. The zero-order valence-electron chi connectivity index (χ0n) is 23.9. The van der Waals surface area contributed by atoms with Gasteiger partial charge in [-0.2, -0.15) is 13.2 Å². The lowest BCUT2D eigenvalue weighted by molar-refractivity contribution is -0.137. The Labute approximate surface area is 256 Å². The highest BCUT2D eigenvalue weighted by molar-refractivity contribution is 6.26. The normalized spacial score (nSPS) is 12.0. The van der Waals surface area contributed by atoms with E-state index >= 15 is 0 Å². The topological polar surface area (TPSA) is 0 Å². The van der Waals surface area contributed by atoms with Crippen LogP contribution in [-0.2, 0) is 6.18 Å². The first kappa shape index (κ1) is 27.1. The molecule has 8 aromatic carbocycles. The molecular weight excluding hydrogens is 568 g/mol. The molecule has 0 saturated carbocycles. The Morgan fingerprint density at radius 3 is 1.69 bits per heavy atom. The first-order valence-corrected chi connectivity index (χ1v) is 14.7.